The van der Waals surface area contributed by atoms with E-state index in [4.69, 9.17) is 4.74 Å². The number of carbonyl (C=O) groups is 2. The molecule has 124 valence electrons. The van der Waals surface area contributed by atoms with E-state index in [-0.39, 0.29) is 11.7 Å². The molecule has 0 saturated heterocycles. The number of amides is 1. The monoisotopic (exact) mass is 323 g/mol. The fourth-order valence-electron chi connectivity index (χ4n) is 2.01. The zero-order valence-corrected chi connectivity index (χ0v) is 13.7. The normalized spacial score (nSPS) is 10.5. The summed E-state index contributed by atoms with van der Waals surface area (Å²) in [7, 11) is 0. The van der Waals surface area contributed by atoms with Crippen LogP contribution in [0.5, 0.6) is 5.75 Å². The number of Topliss-reactive ketones (excluding diaryl/α,β-unsaturated/α-hetero) is 1. The number of ketones is 1. The Hall–Kier alpha value is -2.88. The van der Waals surface area contributed by atoms with Crippen molar-refractivity contribution in [3.05, 3.63) is 71.8 Å². The number of hydrogen-bond donors (Lipinski definition) is 1. The summed E-state index contributed by atoms with van der Waals surface area (Å²) in [6.07, 6.45) is 3.54. The standard InChI is InChI=1S/C20H21NO3/c1-16(22)13-14-21-20(23)12-9-17-7-10-19(11-8-17)24-15-18-5-3-2-4-6-18/h2-12H,13-15H2,1H3,(H,21,23)/b12-9+. The van der Waals surface area contributed by atoms with Gasteiger partial charge in [-0.15, -0.1) is 0 Å². The third kappa shape index (κ3) is 6.48. The summed E-state index contributed by atoms with van der Waals surface area (Å²) in [6.45, 7) is 2.39. The quantitative estimate of drug-likeness (QED) is 0.758. The molecule has 0 spiro atoms. The predicted molar refractivity (Wildman–Crippen MR) is 94.6 cm³/mol. The van der Waals surface area contributed by atoms with Gasteiger partial charge in [0, 0.05) is 19.0 Å². The van der Waals surface area contributed by atoms with Gasteiger partial charge in [-0.1, -0.05) is 42.5 Å². The zero-order chi connectivity index (χ0) is 17.2. The van der Waals surface area contributed by atoms with Crippen LogP contribution in [0.3, 0.4) is 0 Å². The second-order valence-electron chi connectivity index (χ2n) is 5.42. The number of carbonyl (C=O) groups excluding carboxylic acids is 2. The minimum absolute atomic E-state index is 0.0605. The van der Waals surface area contributed by atoms with Crippen LogP contribution >= 0.6 is 0 Å². The second kappa shape index (κ2) is 9.30. The van der Waals surface area contributed by atoms with Crippen LogP contribution in [-0.2, 0) is 16.2 Å². The first kappa shape index (κ1) is 17.5. The van der Waals surface area contributed by atoms with Crippen molar-refractivity contribution in [2.24, 2.45) is 0 Å². The number of benzene rings is 2. The van der Waals surface area contributed by atoms with Gasteiger partial charge in [-0.2, -0.15) is 0 Å². The molecule has 1 N–H and O–H groups in total. The molecule has 0 aliphatic heterocycles. The SMILES string of the molecule is CC(=O)CCNC(=O)/C=C/c1ccc(OCc2ccccc2)cc1. The summed E-state index contributed by atoms with van der Waals surface area (Å²) in [4.78, 5) is 22.4. The Morgan fingerprint density at radius 2 is 1.75 bits per heavy atom. The summed E-state index contributed by atoms with van der Waals surface area (Å²) >= 11 is 0. The third-order valence-corrected chi connectivity index (χ3v) is 3.33. The Morgan fingerprint density at radius 1 is 1.04 bits per heavy atom. The Balaban J connectivity index is 1.80. The molecule has 0 aromatic heterocycles. The van der Waals surface area contributed by atoms with E-state index < -0.39 is 0 Å². The fourth-order valence-corrected chi connectivity index (χ4v) is 2.01. The average Bonchev–Trinajstić information content (AvgIpc) is 2.59. The molecule has 0 fully saturated rings. The van der Waals surface area contributed by atoms with E-state index in [1.165, 1.54) is 13.0 Å². The van der Waals surface area contributed by atoms with Crippen molar-refractivity contribution < 1.29 is 14.3 Å². The maximum atomic E-state index is 11.6. The van der Waals surface area contributed by atoms with Crippen molar-refractivity contribution in [3.63, 3.8) is 0 Å². The minimum Gasteiger partial charge on any atom is -0.489 e. The Bertz CT molecular complexity index is 691. The van der Waals surface area contributed by atoms with E-state index in [2.05, 4.69) is 5.32 Å². The average molecular weight is 323 g/mol. The van der Waals surface area contributed by atoms with E-state index in [1.807, 2.05) is 54.6 Å². The highest BCUT2D eigenvalue weighted by Crippen LogP contribution is 2.15. The van der Waals surface area contributed by atoms with Crippen molar-refractivity contribution in [2.75, 3.05) is 6.54 Å². The van der Waals surface area contributed by atoms with Crippen LogP contribution in [-0.4, -0.2) is 18.2 Å². The van der Waals surface area contributed by atoms with Gasteiger partial charge in [-0.3, -0.25) is 9.59 Å². The van der Waals surface area contributed by atoms with Gasteiger partial charge in [-0.05, 0) is 36.3 Å². The predicted octanol–water partition coefficient (Wildman–Crippen LogP) is 3.37. The molecule has 0 saturated carbocycles. The maximum Gasteiger partial charge on any atom is 0.244 e. The van der Waals surface area contributed by atoms with Gasteiger partial charge < -0.3 is 10.1 Å². The molecule has 2 rings (SSSR count). The van der Waals surface area contributed by atoms with Gasteiger partial charge in [0.2, 0.25) is 5.91 Å². The van der Waals surface area contributed by atoms with Crippen LogP contribution in [0.15, 0.2) is 60.7 Å². The van der Waals surface area contributed by atoms with Crippen LogP contribution in [0, 0.1) is 0 Å². The second-order valence-corrected chi connectivity index (χ2v) is 5.42. The lowest BCUT2D eigenvalue weighted by molar-refractivity contribution is -0.117. The lowest BCUT2D eigenvalue weighted by Crippen LogP contribution is -2.23. The smallest absolute Gasteiger partial charge is 0.244 e. The van der Waals surface area contributed by atoms with Crippen molar-refractivity contribution in [2.45, 2.75) is 20.0 Å². The first-order chi connectivity index (χ1) is 11.6. The van der Waals surface area contributed by atoms with Gasteiger partial charge in [0.25, 0.3) is 0 Å². The molecule has 2 aromatic carbocycles. The summed E-state index contributed by atoms with van der Waals surface area (Å²) in [5.41, 5.74) is 2.02. The highest BCUT2D eigenvalue weighted by Gasteiger charge is 1.98. The molecule has 4 nitrogen and oxygen atoms in total. The molecule has 0 aliphatic carbocycles. The lowest BCUT2D eigenvalue weighted by Gasteiger charge is -2.06. The van der Waals surface area contributed by atoms with Gasteiger partial charge in [0.05, 0.1) is 0 Å². The Kier molecular flexibility index (Phi) is 6.77. The summed E-state index contributed by atoms with van der Waals surface area (Å²) in [6, 6.07) is 17.5. The van der Waals surface area contributed by atoms with Gasteiger partial charge in [0.1, 0.15) is 18.1 Å². The zero-order valence-electron chi connectivity index (χ0n) is 13.7. The maximum absolute atomic E-state index is 11.6. The van der Waals surface area contributed by atoms with Crippen molar-refractivity contribution >= 4 is 17.8 Å². The van der Waals surface area contributed by atoms with Crippen LogP contribution in [0.2, 0.25) is 0 Å². The topological polar surface area (TPSA) is 55.4 Å². The molecule has 0 bridgehead atoms. The highest BCUT2D eigenvalue weighted by molar-refractivity contribution is 5.92. The molecule has 2 aromatic rings. The van der Waals surface area contributed by atoms with Crippen molar-refractivity contribution in [3.8, 4) is 5.75 Å². The molecular weight excluding hydrogens is 302 g/mol. The summed E-state index contributed by atoms with van der Waals surface area (Å²) in [5, 5.41) is 2.66. The van der Waals surface area contributed by atoms with E-state index in [0.717, 1.165) is 16.9 Å². The van der Waals surface area contributed by atoms with Crippen molar-refractivity contribution in [1.82, 2.24) is 5.32 Å². The summed E-state index contributed by atoms with van der Waals surface area (Å²) in [5.74, 6) is 0.632. The fraction of sp³-hybridized carbons (Fsp3) is 0.200. The Morgan fingerprint density at radius 3 is 2.42 bits per heavy atom. The van der Waals surface area contributed by atoms with Gasteiger partial charge in [-0.25, -0.2) is 0 Å². The van der Waals surface area contributed by atoms with Gasteiger partial charge >= 0.3 is 0 Å². The largest absolute Gasteiger partial charge is 0.489 e. The van der Waals surface area contributed by atoms with Crippen LogP contribution in [0.4, 0.5) is 0 Å². The molecule has 0 heterocycles. The van der Waals surface area contributed by atoms with E-state index in [1.54, 1.807) is 6.08 Å². The number of rotatable bonds is 8. The number of hydrogen-bond acceptors (Lipinski definition) is 3. The summed E-state index contributed by atoms with van der Waals surface area (Å²) < 4.78 is 5.71. The van der Waals surface area contributed by atoms with Gasteiger partial charge in [0.15, 0.2) is 0 Å². The lowest BCUT2D eigenvalue weighted by atomic mass is 10.2. The first-order valence-corrected chi connectivity index (χ1v) is 7.85. The van der Waals surface area contributed by atoms with E-state index >= 15 is 0 Å². The third-order valence-electron chi connectivity index (χ3n) is 3.33. The number of nitrogens with one attached hydrogen (secondary N) is 1. The highest BCUT2D eigenvalue weighted by atomic mass is 16.5. The Labute approximate surface area is 142 Å². The molecule has 0 radical (unpaired) electrons. The number of ether oxygens (including phenoxy) is 1. The molecule has 4 heteroatoms. The van der Waals surface area contributed by atoms with E-state index in [9.17, 15) is 9.59 Å². The minimum atomic E-state index is -0.208. The molecule has 0 unspecified atom stereocenters. The molecule has 0 atom stereocenters. The van der Waals surface area contributed by atoms with Crippen LogP contribution < -0.4 is 10.1 Å². The van der Waals surface area contributed by atoms with Crippen LogP contribution in [0.1, 0.15) is 24.5 Å². The molecule has 0 aliphatic rings. The van der Waals surface area contributed by atoms with E-state index in [0.29, 0.717) is 19.6 Å². The van der Waals surface area contributed by atoms with Crippen molar-refractivity contribution in [1.29, 1.82) is 0 Å². The molecule has 1 amide bonds. The molecule has 24 heavy (non-hydrogen) atoms. The van der Waals surface area contributed by atoms with Crippen LogP contribution in [0.25, 0.3) is 6.08 Å². The molecular formula is C20H21NO3. The first-order valence-electron chi connectivity index (χ1n) is 7.85.